The number of carbonyl (C=O) groups is 1. The molecule has 0 N–H and O–H groups in total. The Morgan fingerprint density at radius 2 is 1.85 bits per heavy atom. The second kappa shape index (κ2) is 8.38. The zero-order valence-corrected chi connectivity index (χ0v) is 16.8. The Morgan fingerprint density at radius 3 is 2.52 bits per heavy atom. The van der Waals surface area contributed by atoms with Crippen LogP contribution in [-0.2, 0) is 11.2 Å². The Morgan fingerprint density at radius 1 is 1.11 bits per heavy atom. The van der Waals surface area contributed by atoms with Gasteiger partial charge in [-0.05, 0) is 37.5 Å². The van der Waals surface area contributed by atoms with Gasteiger partial charge < -0.3 is 4.90 Å². The lowest BCUT2D eigenvalue weighted by Gasteiger charge is -2.27. The topological polar surface area (TPSA) is 35.9 Å². The number of guanidine groups is 1. The van der Waals surface area contributed by atoms with Crippen molar-refractivity contribution in [1.82, 2.24) is 4.90 Å². The monoisotopic (exact) mass is 363 g/mol. The molecule has 0 saturated carbocycles. The van der Waals surface area contributed by atoms with Crippen molar-refractivity contribution in [2.24, 2.45) is 4.99 Å². The number of amides is 1. The molecule has 1 heterocycles. The summed E-state index contributed by atoms with van der Waals surface area (Å²) in [5.74, 6) is 0.825. The zero-order valence-electron chi connectivity index (χ0n) is 16.8. The number of unbranched alkanes of at least 4 members (excludes halogenated alkanes) is 1. The third-order valence-corrected chi connectivity index (χ3v) is 5.03. The molecule has 1 aliphatic heterocycles. The first-order chi connectivity index (χ1) is 13.0. The summed E-state index contributed by atoms with van der Waals surface area (Å²) < 4.78 is 0. The summed E-state index contributed by atoms with van der Waals surface area (Å²) in [6.45, 7) is 7.20. The number of benzene rings is 2. The van der Waals surface area contributed by atoms with E-state index in [0.717, 1.165) is 42.2 Å². The predicted molar refractivity (Wildman–Crippen MR) is 112 cm³/mol. The van der Waals surface area contributed by atoms with Crippen LogP contribution in [0.25, 0.3) is 0 Å². The van der Waals surface area contributed by atoms with Gasteiger partial charge in [-0.25, -0.2) is 9.89 Å². The number of hydrogen-bond acceptors (Lipinski definition) is 3. The van der Waals surface area contributed by atoms with E-state index in [2.05, 4.69) is 49.9 Å². The minimum atomic E-state index is -0.368. The molecule has 4 heteroatoms. The molecular weight excluding hydrogens is 334 g/mol. The highest BCUT2D eigenvalue weighted by molar-refractivity contribution is 6.22. The molecule has 0 spiro atoms. The van der Waals surface area contributed by atoms with Crippen LogP contribution in [0.1, 0.15) is 36.5 Å². The van der Waals surface area contributed by atoms with Gasteiger partial charge in [0.25, 0.3) is 5.91 Å². The van der Waals surface area contributed by atoms with Crippen LogP contribution in [0.4, 0.5) is 5.69 Å². The number of hydrogen-bond donors (Lipinski definition) is 0. The van der Waals surface area contributed by atoms with Crippen LogP contribution in [0.15, 0.2) is 53.5 Å². The van der Waals surface area contributed by atoms with Crippen LogP contribution >= 0.6 is 0 Å². The van der Waals surface area contributed by atoms with E-state index in [9.17, 15) is 4.79 Å². The smallest absolute Gasteiger partial charge is 0.259 e. The van der Waals surface area contributed by atoms with E-state index in [-0.39, 0.29) is 11.9 Å². The van der Waals surface area contributed by atoms with Gasteiger partial charge in [0.05, 0.1) is 5.69 Å². The van der Waals surface area contributed by atoms with Gasteiger partial charge in [0.1, 0.15) is 6.04 Å². The Kier molecular flexibility index (Phi) is 5.94. The molecule has 142 valence electrons. The molecular formula is C23H29N3O. The summed E-state index contributed by atoms with van der Waals surface area (Å²) in [7, 11) is 2.03. The van der Waals surface area contributed by atoms with E-state index in [4.69, 9.17) is 4.99 Å². The highest BCUT2D eigenvalue weighted by Gasteiger charge is 2.37. The lowest BCUT2D eigenvalue weighted by Crippen LogP contribution is -2.44. The summed E-state index contributed by atoms with van der Waals surface area (Å²) in [6, 6.07) is 16.0. The molecule has 0 aromatic heterocycles. The summed E-state index contributed by atoms with van der Waals surface area (Å²) in [5.41, 5.74) is 4.36. The third kappa shape index (κ3) is 4.21. The van der Waals surface area contributed by atoms with Crippen molar-refractivity contribution >= 4 is 17.6 Å². The molecule has 0 radical (unpaired) electrons. The van der Waals surface area contributed by atoms with E-state index in [0.29, 0.717) is 6.42 Å². The van der Waals surface area contributed by atoms with Crippen molar-refractivity contribution in [2.75, 3.05) is 18.5 Å². The molecule has 2 aromatic carbocycles. The largest absolute Gasteiger partial charge is 0.345 e. The molecule has 1 atom stereocenters. The van der Waals surface area contributed by atoms with Gasteiger partial charge in [-0.15, -0.1) is 0 Å². The van der Waals surface area contributed by atoms with Crippen molar-refractivity contribution < 1.29 is 4.79 Å². The van der Waals surface area contributed by atoms with Gasteiger partial charge in [-0.3, -0.25) is 4.79 Å². The molecule has 3 rings (SSSR count). The minimum absolute atomic E-state index is 0.0594. The zero-order chi connectivity index (χ0) is 19.4. The first kappa shape index (κ1) is 19.2. The SMILES string of the molecule is CCCCN(C)C1=NC(Cc2ccccc2)C(=O)N1c1ccc(C)cc1C. The summed E-state index contributed by atoms with van der Waals surface area (Å²) >= 11 is 0. The van der Waals surface area contributed by atoms with E-state index in [1.807, 2.05) is 36.2 Å². The fraction of sp³-hybridized carbons (Fsp3) is 0.391. The lowest BCUT2D eigenvalue weighted by molar-refractivity contribution is -0.118. The third-order valence-electron chi connectivity index (χ3n) is 5.03. The van der Waals surface area contributed by atoms with Crippen LogP contribution in [0.3, 0.4) is 0 Å². The normalized spacial score (nSPS) is 16.6. The first-order valence-corrected chi connectivity index (χ1v) is 9.75. The van der Waals surface area contributed by atoms with Gasteiger partial charge in [0.2, 0.25) is 5.96 Å². The van der Waals surface area contributed by atoms with Crippen molar-refractivity contribution in [1.29, 1.82) is 0 Å². The Labute approximate surface area is 162 Å². The molecule has 1 amide bonds. The van der Waals surface area contributed by atoms with Crippen molar-refractivity contribution in [3.05, 3.63) is 65.2 Å². The first-order valence-electron chi connectivity index (χ1n) is 9.75. The minimum Gasteiger partial charge on any atom is -0.345 e. The average Bonchev–Trinajstić information content (AvgIpc) is 2.97. The van der Waals surface area contributed by atoms with Crippen molar-refractivity contribution in [3.8, 4) is 0 Å². The van der Waals surface area contributed by atoms with Crippen molar-refractivity contribution in [3.63, 3.8) is 0 Å². The van der Waals surface area contributed by atoms with Crippen LogP contribution in [0.2, 0.25) is 0 Å². The highest BCUT2D eigenvalue weighted by atomic mass is 16.2. The predicted octanol–water partition coefficient (Wildman–Crippen LogP) is 4.35. The van der Waals surface area contributed by atoms with Gasteiger partial charge >= 0.3 is 0 Å². The number of nitrogens with zero attached hydrogens (tertiary/aromatic N) is 3. The van der Waals surface area contributed by atoms with E-state index in [1.165, 1.54) is 5.56 Å². The molecule has 0 fully saturated rings. The fourth-order valence-corrected chi connectivity index (χ4v) is 3.52. The Hall–Kier alpha value is -2.62. The van der Waals surface area contributed by atoms with Gasteiger partial charge in [-0.2, -0.15) is 0 Å². The highest BCUT2D eigenvalue weighted by Crippen LogP contribution is 2.28. The summed E-state index contributed by atoms with van der Waals surface area (Å²) in [5, 5.41) is 0. The standard InChI is InChI=1S/C23H29N3O/c1-5-6-14-25(4)23-24-20(16-19-10-8-7-9-11-19)22(27)26(23)21-13-12-17(2)15-18(21)3/h7-13,15,20H,5-6,14,16H2,1-4H3. The maximum absolute atomic E-state index is 13.3. The molecule has 1 unspecified atom stereocenters. The van der Waals surface area contributed by atoms with E-state index >= 15 is 0 Å². The molecule has 0 saturated heterocycles. The number of carbonyl (C=O) groups excluding carboxylic acids is 1. The number of aliphatic imine (C=N–C) groups is 1. The molecule has 2 aromatic rings. The summed E-state index contributed by atoms with van der Waals surface area (Å²) in [4.78, 5) is 22.1. The van der Waals surface area contributed by atoms with Gasteiger partial charge in [0, 0.05) is 20.0 Å². The van der Waals surface area contributed by atoms with Gasteiger partial charge in [-0.1, -0.05) is 61.4 Å². The van der Waals surface area contributed by atoms with Crippen molar-refractivity contribution in [2.45, 2.75) is 46.1 Å². The number of rotatable bonds is 6. The van der Waals surface area contributed by atoms with Crippen LogP contribution in [0, 0.1) is 13.8 Å². The molecule has 1 aliphatic rings. The maximum atomic E-state index is 13.3. The lowest BCUT2D eigenvalue weighted by atomic mass is 10.1. The number of aryl methyl sites for hydroxylation is 2. The quantitative estimate of drug-likeness (QED) is 0.765. The fourth-order valence-electron chi connectivity index (χ4n) is 3.52. The second-order valence-corrected chi connectivity index (χ2v) is 7.37. The molecule has 27 heavy (non-hydrogen) atoms. The number of anilines is 1. The molecule has 0 aliphatic carbocycles. The van der Waals surface area contributed by atoms with Crippen LogP contribution in [0.5, 0.6) is 0 Å². The summed E-state index contributed by atoms with van der Waals surface area (Å²) in [6.07, 6.45) is 2.82. The Balaban J connectivity index is 1.94. The molecule has 0 bridgehead atoms. The average molecular weight is 364 g/mol. The van der Waals surface area contributed by atoms with E-state index < -0.39 is 0 Å². The maximum Gasteiger partial charge on any atom is 0.259 e. The second-order valence-electron chi connectivity index (χ2n) is 7.37. The molecule has 4 nitrogen and oxygen atoms in total. The van der Waals surface area contributed by atoms with Gasteiger partial charge in [0.15, 0.2) is 0 Å². The van der Waals surface area contributed by atoms with Crippen LogP contribution in [-0.4, -0.2) is 36.4 Å². The van der Waals surface area contributed by atoms with E-state index in [1.54, 1.807) is 0 Å². The van der Waals surface area contributed by atoms with Crippen LogP contribution < -0.4 is 4.90 Å². The Bertz CT molecular complexity index is 829.